The zero-order chi connectivity index (χ0) is 15.9. The Morgan fingerprint density at radius 1 is 1.41 bits per heavy atom. The van der Waals surface area contributed by atoms with Crippen LogP contribution in [0.5, 0.6) is 5.75 Å². The molecule has 0 atom stereocenters. The number of ether oxygens (including phenoxy) is 1. The van der Waals surface area contributed by atoms with Gasteiger partial charge in [0.25, 0.3) is 0 Å². The van der Waals surface area contributed by atoms with E-state index in [1.165, 1.54) is 0 Å². The normalized spacial score (nSPS) is 10.3. The van der Waals surface area contributed by atoms with Gasteiger partial charge in [0, 0.05) is 30.1 Å². The highest BCUT2D eigenvalue weighted by atomic mass is 35.5. The van der Waals surface area contributed by atoms with Gasteiger partial charge in [0.15, 0.2) is 5.82 Å². The van der Waals surface area contributed by atoms with Gasteiger partial charge in [0.05, 0.1) is 7.11 Å². The van der Waals surface area contributed by atoms with E-state index in [0.29, 0.717) is 35.5 Å². The average Bonchev–Trinajstić information content (AvgIpc) is 2.91. The zero-order valence-corrected chi connectivity index (χ0v) is 13.1. The van der Waals surface area contributed by atoms with Gasteiger partial charge in [-0.2, -0.15) is 4.98 Å². The maximum absolute atomic E-state index is 11.7. The Labute approximate surface area is 133 Å². The topological polar surface area (TPSA) is 89.3 Å². The number of aromatic nitrogens is 2. The highest BCUT2D eigenvalue weighted by Gasteiger charge is 2.09. The van der Waals surface area contributed by atoms with E-state index in [2.05, 4.69) is 20.8 Å². The van der Waals surface area contributed by atoms with Crippen LogP contribution in [-0.4, -0.2) is 29.8 Å². The molecule has 7 nitrogen and oxygen atoms in total. The van der Waals surface area contributed by atoms with Gasteiger partial charge in [0.1, 0.15) is 5.75 Å². The molecule has 0 fully saturated rings. The minimum Gasteiger partial charge on any atom is -0.496 e. The molecule has 1 aromatic heterocycles. The van der Waals surface area contributed by atoms with Crippen molar-refractivity contribution in [2.24, 2.45) is 0 Å². The Kier molecular flexibility index (Phi) is 5.60. The molecule has 2 N–H and O–H groups in total. The molecule has 0 aliphatic heterocycles. The Bertz CT molecular complexity index is 645. The van der Waals surface area contributed by atoms with Crippen molar-refractivity contribution >= 4 is 17.6 Å². The lowest BCUT2D eigenvalue weighted by Crippen LogP contribution is -2.36. The van der Waals surface area contributed by atoms with Crippen LogP contribution in [0.2, 0.25) is 5.02 Å². The molecule has 2 rings (SSSR count). The smallest absolute Gasteiger partial charge is 0.315 e. The van der Waals surface area contributed by atoms with Gasteiger partial charge >= 0.3 is 6.03 Å². The summed E-state index contributed by atoms with van der Waals surface area (Å²) in [6, 6.07) is 5.02. The van der Waals surface area contributed by atoms with Crippen LogP contribution in [0.1, 0.15) is 17.3 Å². The number of nitrogens with one attached hydrogen (secondary N) is 2. The molecule has 2 aromatic rings. The molecule has 0 spiro atoms. The first-order chi connectivity index (χ1) is 10.6. The Morgan fingerprint density at radius 3 is 2.91 bits per heavy atom. The van der Waals surface area contributed by atoms with E-state index >= 15 is 0 Å². The molecule has 0 aliphatic rings. The fourth-order valence-electron chi connectivity index (χ4n) is 1.86. The lowest BCUT2D eigenvalue weighted by Gasteiger charge is -2.11. The van der Waals surface area contributed by atoms with Crippen molar-refractivity contribution in [1.82, 2.24) is 20.8 Å². The number of benzene rings is 1. The highest BCUT2D eigenvalue weighted by molar-refractivity contribution is 6.31. The second-order valence-corrected chi connectivity index (χ2v) is 4.92. The van der Waals surface area contributed by atoms with Crippen LogP contribution in [0.3, 0.4) is 0 Å². The molecule has 0 radical (unpaired) electrons. The van der Waals surface area contributed by atoms with Gasteiger partial charge in [-0.3, -0.25) is 0 Å². The number of carbonyl (C=O) groups excluding carboxylic acids is 1. The summed E-state index contributed by atoms with van der Waals surface area (Å²) >= 11 is 6.10. The SMILES string of the molecule is COc1cccc(Cl)c1CNC(=O)NCCc1nc(C)no1. The van der Waals surface area contributed by atoms with Crippen molar-refractivity contribution in [2.45, 2.75) is 19.9 Å². The first-order valence-corrected chi connectivity index (χ1v) is 7.10. The van der Waals surface area contributed by atoms with E-state index < -0.39 is 0 Å². The van der Waals surface area contributed by atoms with Crippen molar-refractivity contribution in [3.8, 4) is 5.75 Å². The largest absolute Gasteiger partial charge is 0.496 e. The predicted octanol–water partition coefficient (Wildman–Crippen LogP) is 2.08. The molecular formula is C14H17ClN4O3. The molecule has 0 aliphatic carbocycles. The average molecular weight is 325 g/mol. The summed E-state index contributed by atoms with van der Waals surface area (Å²) in [6.07, 6.45) is 0.476. The summed E-state index contributed by atoms with van der Waals surface area (Å²) in [5.41, 5.74) is 0.731. The van der Waals surface area contributed by atoms with Crippen molar-refractivity contribution in [2.75, 3.05) is 13.7 Å². The summed E-state index contributed by atoms with van der Waals surface area (Å²) < 4.78 is 10.2. The molecule has 1 heterocycles. The summed E-state index contributed by atoms with van der Waals surface area (Å²) in [7, 11) is 1.56. The first kappa shape index (κ1) is 16.1. The van der Waals surface area contributed by atoms with E-state index in [1.807, 2.05) is 0 Å². The minimum atomic E-state index is -0.307. The Morgan fingerprint density at radius 2 is 2.23 bits per heavy atom. The Hall–Kier alpha value is -2.28. The van der Waals surface area contributed by atoms with Crippen LogP contribution in [0.25, 0.3) is 0 Å². The van der Waals surface area contributed by atoms with E-state index in [-0.39, 0.29) is 12.6 Å². The van der Waals surface area contributed by atoms with Crippen LogP contribution < -0.4 is 15.4 Å². The number of halogens is 1. The van der Waals surface area contributed by atoms with Crippen molar-refractivity contribution in [3.05, 3.63) is 40.5 Å². The number of hydrogen-bond donors (Lipinski definition) is 2. The second kappa shape index (κ2) is 7.65. The molecule has 118 valence electrons. The van der Waals surface area contributed by atoms with Crippen LogP contribution >= 0.6 is 11.6 Å². The fraction of sp³-hybridized carbons (Fsp3) is 0.357. The lowest BCUT2D eigenvalue weighted by atomic mass is 10.2. The summed E-state index contributed by atoms with van der Waals surface area (Å²) in [5.74, 6) is 1.70. The van der Waals surface area contributed by atoms with Crippen LogP contribution in [0.4, 0.5) is 4.79 Å². The maximum Gasteiger partial charge on any atom is 0.315 e. The third kappa shape index (κ3) is 4.36. The van der Waals surface area contributed by atoms with E-state index in [4.69, 9.17) is 20.9 Å². The summed E-state index contributed by atoms with van der Waals surface area (Å²) in [4.78, 5) is 15.8. The highest BCUT2D eigenvalue weighted by Crippen LogP contribution is 2.25. The molecule has 8 heteroatoms. The molecule has 0 saturated heterocycles. The third-order valence-corrected chi connectivity index (χ3v) is 3.27. The van der Waals surface area contributed by atoms with Gasteiger partial charge in [-0.25, -0.2) is 4.79 Å². The van der Waals surface area contributed by atoms with Crippen LogP contribution in [-0.2, 0) is 13.0 Å². The van der Waals surface area contributed by atoms with Crippen molar-refractivity contribution in [3.63, 3.8) is 0 Å². The third-order valence-electron chi connectivity index (χ3n) is 2.92. The molecule has 1 aromatic carbocycles. The van der Waals surface area contributed by atoms with E-state index in [9.17, 15) is 4.79 Å². The van der Waals surface area contributed by atoms with Gasteiger partial charge in [-0.1, -0.05) is 22.8 Å². The number of nitrogens with zero attached hydrogens (tertiary/aromatic N) is 2. The zero-order valence-electron chi connectivity index (χ0n) is 12.4. The van der Waals surface area contributed by atoms with Gasteiger partial charge < -0.3 is 19.9 Å². The molecule has 0 unspecified atom stereocenters. The number of carbonyl (C=O) groups is 1. The van der Waals surface area contributed by atoms with E-state index in [0.717, 1.165) is 5.56 Å². The molecule has 0 bridgehead atoms. The predicted molar refractivity (Wildman–Crippen MR) is 81.0 cm³/mol. The molecule has 22 heavy (non-hydrogen) atoms. The maximum atomic E-state index is 11.7. The number of amides is 2. The number of hydrogen-bond acceptors (Lipinski definition) is 5. The van der Waals surface area contributed by atoms with Gasteiger partial charge in [-0.15, -0.1) is 0 Å². The number of urea groups is 1. The van der Waals surface area contributed by atoms with Gasteiger partial charge in [-0.05, 0) is 19.1 Å². The number of rotatable bonds is 6. The monoisotopic (exact) mass is 324 g/mol. The first-order valence-electron chi connectivity index (χ1n) is 6.72. The number of methoxy groups -OCH3 is 1. The standard InChI is InChI=1S/C14H17ClN4O3/c1-9-18-13(22-19-9)6-7-16-14(20)17-8-10-11(15)4-3-5-12(10)21-2/h3-5H,6-8H2,1-2H3,(H2,16,17,20). The molecular weight excluding hydrogens is 308 g/mol. The van der Waals surface area contributed by atoms with Crippen molar-refractivity contribution < 1.29 is 14.1 Å². The van der Waals surface area contributed by atoms with Gasteiger partial charge in [0.2, 0.25) is 5.89 Å². The Balaban J connectivity index is 1.78. The minimum absolute atomic E-state index is 0.272. The quantitative estimate of drug-likeness (QED) is 0.849. The lowest BCUT2D eigenvalue weighted by molar-refractivity contribution is 0.240. The summed E-state index contributed by atoms with van der Waals surface area (Å²) in [6.45, 7) is 2.41. The second-order valence-electron chi connectivity index (χ2n) is 4.52. The summed E-state index contributed by atoms with van der Waals surface area (Å²) in [5, 5.41) is 9.65. The molecule has 0 saturated carbocycles. The molecule has 2 amide bonds. The van der Waals surface area contributed by atoms with Crippen molar-refractivity contribution in [1.29, 1.82) is 0 Å². The number of aryl methyl sites for hydroxylation is 1. The van der Waals surface area contributed by atoms with Crippen LogP contribution in [0, 0.1) is 6.92 Å². The van der Waals surface area contributed by atoms with E-state index in [1.54, 1.807) is 32.2 Å². The van der Waals surface area contributed by atoms with Crippen LogP contribution in [0.15, 0.2) is 22.7 Å². The fourth-order valence-corrected chi connectivity index (χ4v) is 2.09.